The van der Waals surface area contributed by atoms with Crippen molar-refractivity contribution < 1.29 is 9.53 Å². The van der Waals surface area contributed by atoms with E-state index in [1.807, 2.05) is 66.6 Å². The summed E-state index contributed by atoms with van der Waals surface area (Å²) in [5, 5.41) is 8.65. The van der Waals surface area contributed by atoms with Gasteiger partial charge in [-0.25, -0.2) is 4.52 Å². The molecule has 1 atom stereocenters. The number of pyridine rings is 2. The maximum Gasteiger partial charge on any atom is 0.254 e. The molecule has 5 rings (SSSR count). The van der Waals surface area contributed by atoms with Gasteiger partial charge in [0.15, 0.2) is 0 Å². The zero-order valence-corrected chi connectivity index (χ0v) is 16.6. The van der Waals surface area contributed by atoms with Crippen molar-refractivity contribution in [2.75, 3.05) is 19.7 Å². The molecule has 0 spiro atoms. The van der Waals surface area contributed by atoms with E-state index in [9.17, 15) is 4.79 Å². The molecule has 4 heterocycles. The van der Waals surface area contributed by atoms with Crippen molar-refractivity contribution >= 4 is 11.4 Å². The zero-order valence-electron chi connectivity index (χ0n) is 16.6. The maximum atomic E-state index is 12.9. The zero-order chi connectivity index (χ0) is 20.5. The summed E-state index contributed by atoms with van der Waals surface area (Å²) in [7, 11) is 0. The number of hydrogen-bond donors (Lipinski definition) is 0. The number of ether oxygens (including phenoxy) is 1. The predicted molar refractivity (Wildman–Crippen MR) is 112 cm³/mol. The van der Waals surface area contributed by atoms with Gasteiger partial charge in [0.05, 0.1) is 18.7 Å². The minimum Gasteiger partial charge on any atom is -0.368 e. The van der Waals surface area contributed by atoms with Crippen molar-refractivity contribution in [3.05, 3.63) is 83.9 Å². The molecule has 30 heavy (non-hydrogen) atoms. The van der Waals surface area contributed by atoms with E-state index in [1.165, 1.54) is 0 Å². The van der Waals surface area contributed by atoms with Gasteiger partial charge < -0.3 is 9.64 Å². The number of benzene rings is 1. The highest BCUT2D eigenvalue weighted by molar-refractivity contribution is 5.94. The smallest absolute Gasteiger partial charge is 0.254 e. The number of morpholine rings is 1. The summed E-state index contributed by atoms with van der Waals surface area (Å²) in [5.41, 5.74) is 5.54. The third kappa shape index (κ3) is 3.44. The van der Waals surface area contributed by atoms with Gasteiger partial charge in [-0.3, -0.25) is 9.78 Å². The Hall–Kier alpha value is -3.58. The molecule has 4 aromatic rings. The number of rotatable bonds is 3. The van der Waals surface area contributed by atoms with Gasteiger partial charge in [-0.1, -0.05) is 29.0 Å². The van der Waals surface area contributed by atoms with Crippen molar-refractivity contribution in [2.24, 2.45) is 0 Å². The van der Waals surface area contributed by atoms with E-state index in [0.717, 1.165) is 27.9 Å². The molecule has 1 amide bonds. The van der Waals surface area contributed by atoms with E-state index in [-0.39, 0.29) is 12.0 Å². The first-order valence-corrected chi connectivity index (χ1v) is 9.92. The molecular formula is C23H21N5O2. The van der Waals surface area contributed by atoms with Crippen LogP contribution in [0.2, 0.25) is 0 Å². The number of amides is 1. The van der Waals surface area contributed by atoms with Crippen molar-refractivity contribution in [1.29, 1.82) is 0 Å². The number of nitrogens with zero attached hydrogens (tertiary/aromatic N) is 5. The Labute approximate surface area is 173 Å². The van der Waals surface area contributed by atoms with Crippen LogP contribution in [0.3, 0.4) is 0 Å². The average Bonchev–Trinajstić information content (AvgIpc) is 3.23. The second-order valence-electron chi connectivity index (χ2n) is 7.43. The molecule has 0 radical (unpaired) electrons. The topological polar surface area (TPSA) is 72.6 Å². The lowest BCUT2D eigenvalue weighted by Gasteiger charge is -2.32. The Morgan fingerprint density at radius 2 is 1.83 bits per heavy atom. The Morgan fingerprint density at radius 1 is 1.03 bits per heavy atom. The van der Waals surface area contributed by atoms with E-state index in [2.05, 4.69) is 15.3 Å². The Morgan fingerprint density at radius 3 is 2.63 bits per heavy atom. The molecule has 1 saturated heterocycles. The number of aryl methyl sites for hydroxylation is 1. The molecule has 0 bridgehead atoms. The van der Waals surface area contributed by atoms with Gasteiger partial charge in [-0.2, -0.15) is 0 Å². The van der Waals surface area contributed by atoms with Crippen LogP contribution in [0.1, 0.15) is 27.7 Å². The SMILES string of the molecule is Cc1ccc(C(=O)N2CCO[C@@H](c3nnn4cc(-c5ccncc5)ccc34)C2)cc1. The summed E-state index contributed by atoms with van der Waals surface area (Å²) in [4.78, 5) is 18.8. The third-order valence-electron chi connectivity index (χ3n) is 5.41. The fourth-order valence-corrected chi connectivity index (χ4v) is 3.74. The minimum atomic E-state index is -0.308. The Kier molecular flexibility index (Phi) is 4.72. The molecule has 7 heteroatoms. The third-order valence-corrected chi connectivity index (χ3v) is 5.41. The van der Waals surface area contributed by atoms with Crippen LogP contribution in [0.15, 0.2) is 67.1 Å². The fourth-order valence-electron chi connectivity index (χ4n) is 3.74. The normalized spacial score (nSPS) is 16.7. The summed E-state index contributed by atoms with van der Waals surface area (Å²) >= 11 is 0. The standard InChI is InChI=1S/C23H21N5O2/c1-16-2-4-18(5-3-16)23(29)27-12-13-30-21(15-27)22-20-7-6-19(14-28(20)26-25-22)17-8-10-24-11-9-17/h2-11,14,21H,12-13,15H2,1H3/t21-/m1/s1. The molecule has 0 saturated carbocycles. The molecule has 1 fully saturated rings. The second-order valence-corrected chi connectivity index (χ2v) is 7.43. The van der Waals surface area contributed by atoms with Crippen LogP contribution in [0.5, 0.6) is 0 Å². The molecule has 1 aliphatic rings. The lowest BCUT2D eigenvalue weighted by Crippen LogP contribution is -2.42. The van der Waals surface area contributed by atoms with E-state index in [0.29, 0.717) is 25.3 Å². The molecule has 0 unspecified atom stereocenters. The Balaban J connectivity index is 1.39. The van der Waals surface area contributed by atoms with Crippen LogP contribution >= 0.6 is 0 Å². The van der Waals surface area contributed by atoms with Crippen LogP contribution in [-0.4, -0.2) is 50.3 Å². The van der Waals surface area contributed by atoms with Gasteiger partial charge in [0.1, 0.15) is 11.8 Å². The molecule has 1 aromatic carbocycles. The molecule has 7 nitrogen and oxygen atoms in total. The number of carbonyl (C=O) groups is 1. The van der Waals surface area contributed by atoms with Crippen LogP contribution < -0.4 is 0 Å². The summed E-state index contributed by atoms with van der Waals surface area (Å²) in [6, 6.07) is 15.6. The van der Waals surface area contributed by atoms with E-state index >= 15 is 0 Å². The number of hydrogen-bond acceptors (Lipinski definition) is 5. The lowest BCUT2D eigenvalue weighted by molar-refractivity contribution is -0.0241. The minimum absolute atomic E-state index is 0.0137. The first-order chi connectivity index (χ1) is 14.7. The van der Waals surface area contributed by atoms with Crippen molar-refractivity contribution in [3.63, 3.8) is 0 Å². The Bertz CT molecular complexity index is 1190. The quantitative estimate of drug-likeness (QED) is 0.528. The molecular weight excluding hydrogens is 378 g/mol. The summed E-state index contributed by atoms with van der Waals surface area (Å²) in [5.74, 6) is 0.0137. The van der Waals surface area contributed by atoms with Crippen molar-refractivity contribution in [3.8, 4) is 11.1 Å². The van der Waals surface area contributed by atoms with E-state index in [4.69, 9.17) is 4.74 Å². The van der Waals surface area contributed by atoms with E-state index < -0.39 is 0 Å². The van der Waals surface area contributed by atoms with Crippen LogP contribution in [0.25, 0.3) is 16.6 Å². The van der Waals surface area contributed by atoms with Gasteiger partial charge in [-0.05, 0) is 42.8 Å². The van der Waals surface area contributed by atoms with Crippen LogP contribution in [-0.2, 0) is 4.74 Å². The van der Waals surface area contributed by atoms with Crippen LogP contribution in [0.4, 0.5) is 0 Å². The molecule has 0 N–H and O–H groups in total. The molecule has 150 valence electrons. The van der Waals surface area contributed by atoms with Crippen molar-refractivity contribution in [1.82, 2.24) is 24.7 Å². The lowest BCUT2D eigenvalue weighted by atomic mass is 10.1. The van der Waals surface area contributed by atoms with Gasteiger partial charge >= 0.3 is 0 Å². The van der Waals surface area contributed by atoms with Crippen molar-refractivity contribution in [2.45, 2.75) is 13.0 Å². The highest BCUT2D eigenvalue weighted by Gasteiger charge is 2.29. The second kappa shape index (κ2) is 7.68. The van der Waals surface area contributed by atoms with Crippen LogP contribution in [0, 0.1) is 6.92 Å². The first-order valence-electron chi connectivity index (χ1n) is 9.92. The molecule has 1 aliphatic heterocycles. The fraction of sp³-hybridized carbons (Fsp3) is 0.217. The maximum absolute atomic E-state index is 12.9. The summed E-state index contributed by atoms with van der Waals surface area (Å²) in [6.07, 6.45) is 5.17. The molecule has 3 aromatic heterocycles. The average molecular weight is 399 g/mol. The number of carbonyl (C=O) groups excluding carboxylic acids is 1. The highest BCUT2D eigenvalue weighted by atomic mass is 16.5. The van der Waals surface area contributed by atoms with Gasteiger partial charge in [0.25, 0.3) is 5.91 Å². The number of aromatic nitrogens is 4. The van der Waals surface area contributed by atoms with Gasteiger partial charge in [0.2, 0.25) is 0 Å². The first kappa shape index (κ1) is 18.4. The van der Waals surface area contributed by atoms with Gasteiger partial charge in [0, 0.05) is 36.3 Å². The molecule has 0 aliphatic carbocycles. The van der Waals surface area contributed by atoms with E-state index in [1.54, 1.807) is 16.9 Å². The highest BCUT2D eigenvalue weighted by Crippen LogP contribution is 2.27. The summed E-state index contributed by atoms with van der Waals surface area (Å²) < 4.78 is 7.72. The van der Waals surface area contributed by atoms with Gasteiger partial charge in [-0.15, -0.1) is 5.10 Å². The number of fused-ring (bicyclic) bond motifs is 1. The summed E-state index contributed by atoms with van der Waals surface area (Å²) in [6.45, 7) is 3.49. The largest absolute Gasteiger partial charge is 0.368 e. The predicted octanol–water partition coefficient (Wildman–Crippen LogP) is 3.31. The monoisotopic (exact) mass is 399 g/mol.